The Morgan fingerprint density at radius 1 is 0.912 bits per heavy atom. The normalized spacial score (nSPS) is 14.6. The van der Waals surface area contributed by atoms with E-state index in [1.54, 1.807) is 30.3 Å². The van der Waals surface area contributed by atoms with Crippen LogP contribution in [0.25, 0.3) is 0 Å². The predicted octanol–water partition coefficient (Wildman–Crippen LogP) is 4.77. The van der Waals surface area contributed by atoms with Gasteiger partial charge in [0, 0.05) is 47.5 Å². The smallest absolute Gasteiger partial charge is 0.255 e. The second-order valence-corrected chi connectivity index (χ2v) is 10.5. The van der Waals surface area contributed by atoms with Crippen LogP contribution in [0.3, 0.4) is 0 Å². The Labute approximate surface area is 208 Å². The first-order chi connectivity index (χ1) is 16.3. The van der Waals surface area contributed by atoms with Gasteiger partial charge in [-0.15, -0.1) is 0 Å². The zero-order valence-corrected chi connectivity index (χ0v) is 20.7. The highest BCUT2D eigenvalue weighted by atomic mass is 35.5. The minimum atomic E-state index is -3.77. The van der Waals surface area contributed by atoms with Gasteiger partial charge < -0.3 is 15.0 Å². The van der Waals surface area contributed by atoms with E-state index in [-0.39, 0.29) is 10.6 Å². The summed E-state index contributed by atoms with van der Waals surface area (Å²) in [7, 11) is -2.32. The maximum atomic E-state index is 13.3. The highest BCUT2D eigenvalue weighted by Crippen LogP contribution is 2.30. The zero-order chi connectivity index (χ0) is 24.3. The summed E-state index contributed by atoms with van der Waals surface area (Å²) in [4.78, 5) is 14.8. The second kappa shape index (κ2) is 10.2. The topological polar surface area (TPSA) is 79.0 Å². The van der Waals surface area contributed by atoms with E-state index in [4.69, 9.17) is 27.9 Å². The van der Waals surface area contributed by atoms with Crippen molar-refractivity contribution in [2.45, 2.75) is 4.90 Å². The number of carbonyl (C=O) groups is 1. The predicted molar refractivity (Wildman–Crippen MR) is 135 cm³/mol. The summed E-state index contributed by atoms with van der Waals surface area (Å²) < 4.78 is 33.5. The molecule has 178 valence electrons. The third-order valence-corrected chi connectivity index (χ3v) is 7.96. The highest BCUT2D eigenvalue weighted by molar-refractivity contribution is 7.89. The molecule has 0 aliphatic carbocycles. The zero-order valence-electron chi connectivity index (χ0n) is 18.4. The van der Waals surface area contributed by atoms with Gasteiger partial charge in [0.15, 0.2) is 0 Å². The number of hydrogen-bond donors (Lipinski definition) is 1. The van der Waals surface area contributed by atoms with Crippen LogP contribution in [0.2, 0.25) is 10.0 Å². The van der Waals surface area contributed by atoms with Crippen LogP contribution in [-0.4, -0.2) is 51.9 Å². The number of rotatable bonds is 6. The first kappa shape index (κ1) is 24.3. The Kier molecular flexibility index (Phi) is 7.33. The minimum Gasteiger partial charge on any atom is -0.495 e. The molecule has 0 unspecified atom stereocenters. The van der Waals surface area contributed by atoms with E-state index < -0.39 is 15.9 Å². The number of hydrogen-bond acceptors (Lipinski definition) is 5. The van der Waals surface area contributed by atoms with Gasteiger partial charge in [0.1, 0.15) is 5.75 Å². The van der Waals surface area contributed by atoms with Crippen molar-refractivity contribution >= 4 is 50.5 Å². The summed E-state index contributed by atoms with van der Waals surface area (Å²) in [5.74, 6) is -0.0494. The number of benzene rings is 3. The van der Waals surface area contributed by atoms with Crippen LogP contribution in [0.1, 0.15) is 10.4 Å². The molecule has 1 aliphatic heterocycles. The van der Waals surface area contributed by atoms with E-state index in [1.165, 1.54) is 29.6 Å². The number of ether oxygens (including phenoxy) is 1. The third-order valence-electron chi connectivity index (χ3n) is 5.58. The second-order valence-electron chi connectivity index (χ2n) is 7.69. The molecular formula is C24H23Cl2N3O4S. The average Bonchev–Trinajstić information content (AvgIpc) is 2.84. The quantitative estimate of drug-likeness (QED) is 0.507. The molecule has 7 nitrogen and oxygen atoms in total. The molecule has 1 heterocycles. The molecule has 10 heteroatoms. The van der Waals surface area contributed by atoms with Gasteiger partial charge in [0.05, 0.1) is 17.7 Å². The van der Waals surface area contributed by atoms with Crippen LogP contribution in [0.15, 0.2) is 71.6 Å². The van der Waals surface area contributed by atoms with E-state index in [1.807, 2.05) is 18.2 Å². The number of sulfonamides is 1. The fraction of sp³-hybridized carbons (Fsp3) is 0.208. The maximum absolute atomic E-state index is 13.3. The van der Waals surface area contributed by atoms with Crippen molar-refractivity contribution in [1.29, 1.82) is 0 Å². The number of methoxy groups -OCH3 is 1. The van der Waals surface area contributed by atoms with E-state index in [0.717, 1.165) is 5.69 Å². The third kappa shape index (κ3) is 5.31. The van der Waals surface area contributed by atoms with Gasteiger partial charge in [-0.2, -0.15) is 4.31 Å². The van der Waals surface area contributed by atoms with E-state index >= 15 is 0 Å². The molecule has 0 radical (unpaired) electrons. The largest absolute Gasteiger partial charge is 0.495 e. The number of carbonyl (C=O) groups excluding carboxylic acids is 1. The van der Waals surface area contributed by atoms with Crippen LogP contribution >= 0.6 is 23.2 Å². The van der Waals surface area contributed by atoms with Gasteiger partial charge in [0.2, 0.25) is 10.0 Å². The molecule has 3 aromatic carbocycles. The lowest BCUT2D eigenvalue weighted by molar-refractivity contribution is 0.102. The monoisotopic (exact) mass is 519 g/mol. The fourth-order valence-electron chi connectivity index (χ4n) is 3.75. The summed E-state index contributed by atoms with van der Waals surface area (Å²) in [6.45, 7) is 1.73. The van der Waals surface area contributed by atoms with Gasteiger partial charge in [-0.25, -0.2) is 8.42 Å². The van der Waals surface area contributed by atoms with Crippen molar-refractivity contribution in [3.05, 3.63) is 82.3 Å². The first-order valence-electron chi connectivity index (χ1n) is 10.5. The number of amides is 1. The molecule has 34 heavy (non-hydrogen) atoms. The summed E-state index contributed by atoms with van der Waals surface area (Å²) in [5, 5.41) is 3.89. The standard InChI is InChI=1S/C24H23Cl2N3O4S/c1-33-23-10-9-21(16-22(23)27-24(30)17-5-7-18(25)8-6-17)34(31,32)29-13-11-28(12-14-29)20-4-2-3-19(26)15-20/h2-10,15-16H,11-14H2,1H3,(H,27,30). The lowest BCUT2D eigenvalue weighted by Gasteiger charge is -2.35. The molecule has 0 atom stereocenters. The average molecular weight is 520 g/mol. The minimum absolute atomic E-state index is 0.0795. The molecule has 1 fully saturated rings. The SMILES string of the molecule is COc1ccc(S(=O)(=O)N2CCN(c3cccc(Cl)c3)CC2)cc1NC(=O)c1ccc(Cl)cc1. The molecule has 1 aliphatic rings. The molecular weight excluding hydrogens is 497 g/mol. The van der Waals surface area contributed by atoms with Crippen molar-refractivity contribution in [1.82, 2.24) is 4.31 Å². The van der Waals surface area contributed by atoms with Crippen molar-refractivity contribution < 1.29 is 17.9 Å². The molecule has 0 aromatic heterocycles. The van der Waals surface area contributed by atoms with Crippen LogP contribution < -0.4 is 15.0 Å². The van der Waals surface area contributed by atoms with Crippen molar-refractivity contribution in [2.75, 3.05) is 43.5 Å². The van der Waals surface area contributed by atoms with E-state index in [2.05, 4.69) is 10.2 Å². The van der Waals surface area contributed by atoms with Crippen molar-refractivity contribution in [3.8, 4) is 5.75 Å². The number of nitrogens with one attached hydrogen (secondary N) is 1. The summed E-state index contributed by atoms with van der Waals surface area (Å²) in [6.07, 6.45) is 0. The van der Waals surface area contributed by atoms with Crippen molar-refractivity contribution in [2.24, 2.45) is 0 Å². The summed E-state index contributed by atoms with van der Waals surface area (Å²) in [6, 6.07) is 18.3. The molecule has 3 aromatic rings. The maximum Gasteiger partial charge on any atom is 0.255 e. The molecule has 1 N–H and O–H groups in total. The highest BCUT2D eigenvalue weighted by Gasteiger charge is 2.29. The Bertz CT molecular complexity index is 1290. The van der Waals surface area contributed by atoms with Crippen molar-refractivity contribution in [3.63, 3.8) is 0 Å². The van der Waals surface area contributed by atoms with Crippen LogP contribution in [0.5, 0.6) is 5.75 Å². The molecule has 0 bridgehead atoms. The molecule has 1 amide bonds. The van der Waals surface area contributed by atoms with Crippen LogP contribution in [-0.2, 0) is 10.0 Å². The molecule has 4 rings (SSSR count). The Morgan fingerprint density at radius 3 is 2.26 bits per heavy atom. The van der Waals surface area contributed by atoms with Gasteiger partial charge in [-0.05, 0) is 60.7 Å². The fourth-order valence-corrected chi connectivity index (χ4v) is 5.51. The lowest BCUT2D eigenvalue weighted by atomic mass is 10.2. The Balaban J connectivity index is 1.52. The van der Waals surface area contributed by atoms with Gasteiger partial charge in [-0.1, -0.05) is 29.3 Å². The van der Waals surface area contributed by atoms with E-state index in [9.17, 15) is 13.2 Å². The number of anilines is 2. The van der Waals surface area contributed by atoms with Gasteiger partial charge in [-0.3, -0.25) is 4.79 Å². The van der Waals surface area contributed by atoms with Gasteiger partial charge in [0.25, 0.3) is 5.91 Å². The molecule has 1 saturated heterocycles. The van der Waals surface area contributed by atoms with Gasteiger partial charge >= 0.3 is 0 Å². The lowest BCUT2D eigenvalue weighted by Crippen LogP contribution is -2.48. The summed E-state index contributed by atoms with van der Waals surface area (Å²) in [5.41, 5.74) is 1.61. The molecule has 0 saturated carbocycles. The number of halogens is 2. The van der Waals surface area contributed by atoms with E-state index in [0.29, 0.717) is 47.5 Å². The number of nitrogens with zero attached hydrogens (tertiary/aromatic N) is 2. The Morgan fingerprint density at radius 2 is 1.62 bits per heavy atom. The number of piperazine rings is 1. The molecule has 0 spiro atoms. The van der Waals surface area contributed by atoms with Crippen LogP contribution in [0, 0.1) is 0 Å². The first-order valence-corrected chi connectivity index (χ1v) is 12.7. The van der Waals surface area contributed by atoms with Crippen LogP contribution in [0.4, 0.5) is 11.4 Å². The summed E-state index contributed by atoms with van der Waals surface area (Å²) >= 11 is 12.0. The Hall–Kier alpha value is -2.78.